The maximum atomic E-state index is 11.6. The van der Waals surface area contributed by atoms with Gasteiger partial charge in [0.25, 0.3) is 11.7 Å². The summed E-state index contributed by atoms with van der Waals surface area (Å²) in [6, 6.07) is 0. The molecule has 0 saturated carbocycles. The molecule has 0 aliphatic rings. The fraction of sp³-hybridized carbons (Fsp3) is 0.308. The Morgan fingerprint density at radius 2 is 2.04 bits per heavy atom. The molecular weight excluding hydrogens is 304 g/mol. The van der Waals surface area contributed by atoms with Crippen LogP contribution < -0.4 is 16.0 Å². The molecule has 23 heavy (non-hydrogen) atoms. The Balaban J connectivity index is 2.49. The number of carbonyl (C=O) groups excluding carboxylic acids is 1. The lowest BCUT2D eigenvalue weighted by molar-refractivity contribution is 0.167. The monoisotopic (exact) mass is 320 g/mol. The Kier molecular flexibility index (Phi) is 5.07. The van der Waals surface area contributed by atoms with Gasteiger partial charge in [-0.15, -0.1) is 18.1 Å². The lowest BCUT2D eigenvalue weighted by Gasteiger charge is -2.19. The molecule has 0 aliphatic heterocycles. The summed E-state index contributed by atoms with van der Waals surface area (Å²) in [5.74, 6) is -0.742. The summed E-state index contributed by atoms with van der Waals surface area (Å²) in [5.41, 5.74) is 0. The minimum atomic E-state index is -0.859. The number of carbonyl (C=O) groups is 1. The highest BCUT2D eigenvalue weighted by Crippen LogP contribution is 2.14. The van der Waals surface area contributed by atoms with E-state index in [0.29, 0.717) is 13.1 Å². The average molecular weight is 320 g/mol. The zero-order valence-corrected chi connectivity index (χ0v) is 12.6. The summed E-state index contributed by atoms with van der Waals surface area (Å²) in [7, 11) is 0. The first-order valence-corrected chi connectivity index (χ1v) is 6.77. The van der Waals surface area contributed by atoms with Crippen molar-refractivity contribution in [1.29, 1.82) is 0 Å². The van der Waals surface area contributed by atoms with Gasteiger partial charge in [0.2, 0.25) is 5.95 Å². The first-order valence-electron chi connectivity index (χ1n) is 6.77. The van der Waals surface area contributed by atoms with E-state index in [-0.39, 0.29) is 24.3 Å². The molecule has 0 unspecified atom stereocenters. The van der Waals surface area contributed by atoms with Gasteiger partial charge in [-0.05, 0) is 6.92 Å². The summed E-state index contributed by atoms with van der Waals surface area (Å²) < 4.78 is 10.5. The number of amides is 1. The molecule has 2 heterocycles. The maximum Gasteiger partial charge on any atom is 0.462 e. The third-order valence-electron chi connectivity index (χ3n) is 2.61. The number of hydrogen-bond donors (Lipinski definition) is 1. The summed E-state index contributed by atoms with van der Waals surface area (Å²) in [4.78, 5) is 36.6. The van der Waals surface area contributed by atoms with Crippen molar-refractivity contribution < 1.29 is 14.1 Å². The van der Waals surface area contributed by atoms with E-state index in [4.69, 9.17) is 9.26 Å². The fourth-order valence-electron chi connectivity index (χ4n) is 1.76. The van der Waals surface area contributed by atoms with Gasteiger partial charge in [0.05, 0.1) is 6.61 Å². The predicted octanol–water partition coefficient (Wildman–Crippen LogP) is 0.824. The standard InChI is InChI=1S/C13H16N6O4/c1-4-7-18(8-5-2)9-14-10(16-12(20)22-6-3)19-11(15-9)17-13(21)23-19/h4-5H,1-2,6-8H2,3H3,(H,14,15,16,17,20,21). The molecule has 2 aromatic heterocycles. The van der Waals surface area contributed by atoms with Crippen LogP contribution >= 0.6 is 0 Å². The van der Waals surface area contributed by atoms with E-state index in [2.05, 4.69) is 33.4 Å². The van der Waals surface area contributed by atoms with E-state index in [1.165, 1.54) is 0 Å². The Bertz CT molecular complexity index is 770. The highest BCUT2D eigenvalue weighted by atomic mass is 16.6. The third-order valence-corrected chi connectivity index (χ3v) is 2.61. The quantitative estimate of drug-likeness (QED) is 0.746. The molecule has 0 spiro atoms. The number of fused-ring (bicyclic) bond motifs is 1. The van der Waals surface area contributed by atoms with Gasteiger partial charge < -0.3 is 14.2 Å². The van der Waals surface area contributed by atoms with Crippen molar-refractivity contribution >= 4 is 23.8 Å². The van der Waals surface area contributed by atoms with Gasteiger partial charge in [-0.3, -0.25) is 5.32 Å². The zero-order valence-electron chi connectivity index (χ0n) is 12.6. The number of rotatable bonds is 7. The fourth-order valence-corrected chi connectivity index (χ4v) is 1.76. The maximum absolute atomic E-state index is 11.6. The SMILES string of the molecule is C=CCN(CC=C)c1nc(NC(=O)OCC)n2oc(=O)nc2n1. The minimum absolute atomic E-state index is 0.0371. The Hall–Kier alpha value is -3.17. The van der Waals surface area contributed by atoms with Gasteiger partial charge >= 0.3 is 11.8 Å². The summed E-state index contributed by atoms with van der Waals surface area (Å²) >= 11 is 0. The highest BCUT2D eigenvalue weighted by Gasteiger charge is 2.17. The first-order chi connectivity index (χ1) is 11.1. The normalized spacial score (nSPS) is 10.3. The van der Waals surface area contributed by atoms with Crippen molar-refractivity contribution in [3.05, 3.63) is 35.9 Å². The third kappa shape index (κ3) is 3.73. The van der Waals surface area contributed by atoms with Crippen LogP contribution in [0, 0.1) is 0 Å². The number of anilines is 2. The molecule has 122 valence electrons. The molecule has 2 rings (SSSR count). The number of nitrogens with zero attached hydrogens (tertiary/aromatic N) is 5. The van der Waals surface area contributed by atoms with Crippen molar-refractivity contribution in [2.24, 2.45) is 0 Å². The van der Waals surface area contributed by atoms with Crippen molar-refractivity contribution in [2.75, 3.05) is 29.9 Å². The van der Waals surface area contributed by atoms with Crippen LogP contribution in [0.15, 0.2) is 34.6 Å². The Morgan fingerprint density at radius 1 is 1.35 bits per heavy atom. The molecule has 0 radical (unpaired) electrons. The Labute approximate surface area is 131 Å². The van der Waals surface area contributed by atoms with E-state index in [0.717, 1.165) is 4.57 Å². The van der Waals surface area contributed by atoms with Crippen molar-refractivity contribution in [3.63, 3.8) is 0 Å². The molecule has 0 atom stereocenters. The molecule has 1 N–H and O–H groups in total. The number of ether oxygens (including phenoxy) is 1. The van der Waals surface area contributed by atoms with Crippen molar-refractivity contribution in [1.82, 2.24) is 19.5 Å². The van der Waals surface area contributed by atoms with Crippen LogP contribution in [0.4, 0.5) is 16.7 Å². The molecule has 10 heteroatoms. The van der Waals surface area contributed by atoms with Gasteiger partial charge in [0.1, 0.15) is 0 Å². The first kappa shape index (κ1) is 16.2. The topological polar surface area (TPSA) is 115 Å². The molecule has 1 amide bonds. The predicted molar refractivity (Wildman–Crippen MR) is 82.6 cm³/mol. The summed E-state index contributed by atoms with van der Waals surface area (Å²) in [5, 5.41) is 2.38. The van der Waals surface area contributed by atoms with Crippen LogP contribution in [0.25, 0.3) is 5.78 Å². The summed E-state index contributed by atoms with van der Waals surface area (Å²) in [6.07, 6.45) is 2.57. The molecule has 0 saturated heterocycles. The number of nitrogens with one attached hydrogen (secondary N) is 1. The van der Waals surface area contributed by atoms with Crippen LogP contribution in [0.1, 0.15) is 6.92 Å². The van der Waals surface area contributed by atoms with Crippen LogP contribution in [0.3, 0.4) is 0 Å². The van der Waals surface area contributed by atoms with E-state index in [1.807, 2.05) is 0 Å². The van der Waals surface area contributed by atoms with E-state index < -0.39 is 11.8 Å². The Morgan fingerprint density at radius 3 is 2.65 bits per heavy atom. The molecule has 10 nitrogen and oxygen atoms in total. The molecule has 0 aromatic carbocycles. The highest BCUT2D eigenvalue weighted by molar-refractivity contribution is 5.82. The lowest BCUT2D eigenvalue weighted by Crippen LogP contribution is -2.27. The van der Waals surface area contributed by atoms with E-state index >= 15 is 0 Å². The second kappa shape index (κ2) is 7.20. The molecule has 0 fully saturated rings. The second-order valence-corrected chi connectivity index (χ2v) is 4.24. The van der Waals surface area contributed by atoms with Crippen LogP contribution in [0.5, 0.6) is 0 Å². The number of hydrogen-bond acceptors (Lipinski definition) is 8. The smallest absolute Gasteiger partial charge is 0.450 e. The van der Waals surface area contributed by atoms with Gasteiger partial charge in [0, 0.05) is 13.1 Å². The second-order valence-electron chi connectivity index (χ2n) is 4.24. The molecular formula is C13H16N6O4. The molecule has 0 bridgehead atoms. The van der Waals surface area contributed by atoms with Gasteiger partial charge in [-0.25, -0.2) is 9.59 Å². The largest absolute Gasteiger partial charge is 0.462 e. The van der Waals surface area contributed by atoms with Crippen LogP contribution in [-0.2, 0) is 4.74 Å². The van der Waals surface area contributed by atoms with Crippen LogP contribution in [-0.4, -0.2) is 45.3 Å². The zero-order chi connectivity index (χ0) is 16.8. The van der Waals surface area contributed by atoms with Crippen molar-refractivity contribution in [2.45, 2.75) is 6.92 Å². The van der Waals surface area contributed by atoms with Gasteiger partial charge in [-0.1, -0.05) is 16.7 Å². The lowest BCUT2D eigenvalue weighted by atomic mass is 10.4. The van der Waals surface area contributed by atoms with E-state index in [9.17, 15) is 9.59 Å². The van der Waals surface area contributed by atoms with Gasteiger partial charge in [-0.2, -0.15) is 9.97 Å². The molecule has 0 aliphatic carbocycles. The van der Waals surface area contributed by atoms with Crippen LogP contribution in [0.2, 0.25) is 0 Å². The average Bonchev–Trinajstić information content (AvgIpc) is 2.88. The molecule has 2 aromatic rings. The number of aromatic nitrogens is 4. The van der Waals surface area contributed by atoms with Crippen molar-refractivity contribution in [3.8, 4) is 0 Å². The minimum Gasteiger partial charge on any atom is -0.450 e. The van der Waals surface area contributed by atoms with Gasteiger partial charge in [0.15, 0.2) is 0 Å². The van der Waals surface area contributed by atoms with E-state index in [1.54, 1.807) is 24.0 Å². The summed E-state index contributed by atoms with van der Waals surface area (Å²) in [6.45, 7) is 10.0.